The lowest BCUT2D eigenvalue weighted by atomic mass is 10.3. The number of rotatable bonds is 5. The van der Waals surface area contributed by atoms with Crippen LogP contribution >= 0.6 is 0 Å². The fourth-order valence-corrected chi connectivity index (χ4v) is 3.51. The first-order valence-corrected chi connectivity index (χ1v) is 9.13. The van der Waals surface area contributed by atoms with Crippen molar-refractivity contribution in [3.8, 4) is 0 Å². The van der Waals surface area contributed by atoms with Gasteiger partial charge in [0.25, 0.3) is 10.0 Å². The molecule has 0 heterocycles. The van der Waals surface area contributed by atoms with Crippen LogP contribution in [0.5, 0.6) is 0 Å². The molecule has 23 heavy (non-hydrogen) atoms. The summed E-state index contributed by atoms with van der Waals surface area (Å²) in [6.07, 6.45) is 0. The zero-order valence-electron chi connectivity index (χ0n) is 11.7. The summed E-state index contributed by atoms with van der Waals surface area (Å²) in [6.45, 7) is 0. The number of hydrogen-bond acceptors (Lipinski definition) is 4. The molecule has 0 aliphatic heterocycles. The summed E-state index contributed by atoms with van der Waals surface area (Å²) in [5.41, 5.74) is -0.283. The number of anilines is 1. The van der Waals surface area contributed by atoms with Gasteiger partial charge in [0.05, 0.1) is 15.5 Å². The van der Waals surface area contributed by atoms with E-state index >= 15 is 0 Å². The standard InChI is InChI=1S/C13H12F2N2O4S2/c1-16-22(18,19)12-2-4-13(5-3-12)23(20,21)17-11-7-9(14)6-10(15)8-11/h2-8,16-17H,1H3. The molecule has 0 amide bonds. The van der Waals surface area contributed by atoms with E-state index in [0.29, 0.717) is 6.07 Å². The summed E-state index contributed by atoms with van der Waals surface area (Å²) < 4.78 is 77.7. The number of halogens is 2. The van der Waals surface area contributed by atoms with Crippen LogP contribution in [0.25, 0.3) is 0 Å². The highest BCUT2D eigenvalue weighted by molar-refractivity contribution is 7.92. The molecule has 0 aliphatic rings. The van der Waals surface area contributed by atoms with Crippen molar-refractivity contribution in [1.29, 1.82) is 0 Å². The predicted molar refractivity (Wildman–Crippen MR) is 79.9 cm³/mol. The average Bonchev–Trinajstić information content (AvgIpc) is 2.45. The van der Waals surface area contributed by atoms with Crippen LogP contribution in [0.1, 0.15) is 0 Å². The normalized spacial score (nSPS) is 12.1. The molecule has 0 atom stereocenters. The second-order valence-electron chi connectivity index (χ2n) is 4.44. The molecule has 0 spiro atoms. The van der Waals surface area contributed by atoms with Crippen LogP contribution in [0.4, 0.5) is 14.5 Å². The SMILES string of the molecule is CNS(=O)(=O)c1ccc(S(=O)(=O)Nc2cc(F)cc(F)c2)cc1. The summed E-state index contributed by atoms with van der Waals surface area (Å²) >= 11 is 0. The third-order valence-corrected chi connectivity index (χ3v) is 5.66. The van der Waals surface area contributed by atoms with Crippen LogP contribution in [-0.4, -0.2) is 23.9 Å². The Morgan fingerprint density at radius 3 is 1.65 bits per heavy atom. The fourth-order valence-electron chi connectivity index (χ4n) is 1.74. The topological polar surface area (TPSA) is 92.3 Å². The predicted octanol–water partition coefficient (Wildman–Crippen LogP) is 1.67. The Balaban J connectivity index is 2.33. The van der Waals surface area contributed by atoms with Crippen LogP contribution < -0.4 is 9.44 Å². The Kier molecular flexibility index (Phi) is 4.68. The molecule has 0 saturated heterocycles. The van der Waals surface area contributed by atoms with Gasteiger partial charge >= 0.3 is 0 Å². The zero-order valence-corrected chi connectivity index (χ0v) is 13.4. The Bertz CT molecular complexity index is 907. The minimum Gasteiger partial charge on any atom is -0.279 e. The minimum atomic E-state index is -4.11. The van der Waals surface area contributed by atoms with Crippen molar-refractivity contribution in [1.82, 2.24) is 4.72 Å². The first kappa shape index (κ1) is 17.3. The van der Waals surface area contributed by atoms with Gasteiger partial charge in [-0.15, -0.1) is 0 Å². The van der Waals surface area contributed by atoms with Crippen LogP contribution in [-0.2, 0) is 20.0 Å². The maximum absolute atomic E-state index is 13.1. The first-order chi connectivity index (χ1) is 10.6. The van der Waals surface area contributed by atoms with Crippen molar-refractivity contribution in [2.24, 2.45) is 0 Å². The number of sulfonamides is 2. The molecule has 2 aromatic rings. The summed E-state index contributed by atoms with van der Waals surface area (Å²) in [7, 11) is -6.59. The van der Waals surface area contributed by atoms with Gasteiger partial charge in [-0.3, -0.25) is 4.72 Å². The van der Waals surface area contributed by atoms with E-state index < -0.39 is 31.7 Å². The second kappa shape index (κ2) is 6.22. The maximum Gasteiger partial charge on any atom is 0.261 e. The molecule has 124 valence electrons. The van der Waals surface area contributed by atoms with E-state index in [4.69, 9.17) is 0 Å². The summed E-state index contributed by atoms with van der Waals surface area (Å²) in [5, 5.41) is 0. The molecule has 0 fully saturated rings. The van der Waals surface area contributed by atoms with Gasteiger partial charge < -0.3 is 0 Å². The van der Waals surface area contributed by atoms with E-state index in [9.17, 15) is 25.6 Å². The van der Waals surface area contributed by atoms with Crippen molar-refractivity contribution in [2.45, 2.75) is 9.79 Å². The maximum atomic E-state index is 13.1. The third-order valence-electron chi connectivity index (χ3n) is 2.83. The molecule has 6 nitrogen and oxygen atoms in total. The Hall–Kier alpha value is -2.04. The van der Waals surface area contributed by atoms with Crippen molar-refractivity contribution >= 4 is 25.7 Å². The molecule has 0 radical (unpaired) electrons. The van der Waals surface area contributed by atoms with Crippen LogP contribution in [0.2, 0.25) is 0 Å². The van der Waals surface area contributed by atoms with E-state index in [2.05, 4.69) is 4.72 Å². The quantitative estimate of drug-likeness (QED) is 0.846. The minimum absolute atomic E-state index is 0.115. The van der Waals surface area contributed by atoms with Crippen molar-refractivity contribution in [2.75, 3.05) is 11.8 Å². The van der Waals surface area contributed by atoms with Gasteiger partial charge in [-0.2, -0.15) is 0 Å². The first-order valence-electron chi connectivity index (χ1n) is 6.16. The molecular formula is C13H12F2N2O4S2. The molecule has 0 saturated carbocycles. The Morgan fingerprint density at radius 2 is 1.22 bits per heavy atom. The van der Waals surface area contributed by atoms with Gasteiger partial charge in [0.2, 0.25) is 10.0 Å². The van der Waals surface area contributed by atoms with Crippen LogP contribution in [0, 0.1) is 11.6 Å². The highest BCUT2D eigenvalue weighted by Gasteiger charge is 2.17. The monoisotopic (exact) mass is 362 g/mol. The second-order valence-corrected chi connectivity index (χ2v) is 8.01. The van der Waals surface area contributed by atoms with Crippen molar-refractivity contribution in [3.63, 3.8) is 0 Å². The van der Waals surface area contributed by atoms with Gasteiger partial charge in [-0.05, 0) is 43.4 Å². The van der Waals surface area contributed by atoms with Gasteiger partial charge in [0.15, 0.2) is 0 Å². The molecular weight excluding hydrogens is 350 g/mol. The van der Waals surface area contributed by atoms with Crippen molar-refractivity contribution < 1.29 is 25.6 Å². The van der Waals surface area contributed by atoms with E-state index in [1.165, 1.54) is 7.05 Å². The highest BCUT2D eigenvalue weighted by atomic mass is 32.2. The van der Waals surface area contributed by atoms with Crippen LogP contribution in [0.3, 0.4) is 0 Å². The van der Waals surface area contributed by atoms with E-state index in [1.54, 1.807) is 0 Å². The fraction of sp³-hybridized carbons (Fsp3) is 0.0769. The lowest BCUT2D eigenvalue weighted by Crippen LogP contribution is -2.19. The summed E-state index contributed by atoms with van der Waals surface area (Å²) in [5.74, 6) is -1.86. The Labute approximate surface area is 132 Å². The number of hydrogen-bond donors (Lipinski definition) is 2. The summed E-state index contributed by atoms with van der Waals surface area (Å²) in [4.78, 5) is -0.368. The molecule has 0 bridgehead atoms. The molecule has 2 N–H and O–H groups in total. The molecule has 0 unspecified atom stereocenters. The highest BCUT2D eigenvalue weighted by Crippen LogP contribution is 2.19. The summed E-state index contributed by atoms with van der Waals surface area (Å²) in [6, 6.07) is 6.60. The number of benzene rings is 2. The lowest BCUT2D eigenvalue weighted by molar-refractivity contribution is 0.583. The zero-order chi connectivity index (χ0) is 17.3. The lowest BCUT2D eigenvalue weighted by Gasteiger charge is -2.09. The van der Waals surface area contributed by atoms with E-state index in [1.807, 2.05) is 4.72 Å². The van der Waals surface area contributed by atoms with E-state index in [-0.39, 0.29) is 15.5 Å². The average molecular weight is 362 g/mol. The van der Waals surface area contributed by atoms with Gasteiger partial charge in [0.1, 0.15) is 11.6 Å². The van der Waals surface area contributed by atoms with Crippen molar-refractivity contribution in [3.05, 3.63) is 54.1 Å². The molecule has 2 rings (SSSR count). The van der Waals surface area contributed by atoms with E-state index in [0.717, 1.165) is 36.4 Å². The number of nitrogens with one attached hydrogen (secondary N) is 2. The molecule has 2 aromatic carbocycles. The largest absolute Gasteiger partial charge is 0.279 e. The Morgan fingerprint density at radius 1 is 0.783 bits per heavy atom. The van der Waals surface area contributed by atoms with Gasteiger partial charge in [-0.1, -0.05) is 0 Å². The molecule has 10 heteroatoms. The van der Waals surface area contributed by atoms with Gasteiger partial charge in [0, 0.05) is 6.07 Å². The molecule has 0 aliphatic carbocycles. The van der Waals surface area contributed by atoms with Crippen LogP contribution in [0.15, 0.2) is 52.3 Å². The van der Waals surface area contributed by atoms with Gasteiger partial charge in [-0.25, -0.2) is 30.3 Å². The smallest absolute Gasteiger partial charge is 0.261 e. The molecule has 0 aromatic heterocycles. The third kappa shape index (κ3) is 4.03.